The van der Waals surface area contributed by atoms with Crippen LogP contribution in [0.15, 0.2) is 64.2 Å². The van der Waals surface area contributed by atoms with Crippen LogP contribution in [-0.2, 0) is 9.84 Å². The maximum absolute atomic E-state index is 14.6. The van der Waals surface area contributed by atoms with Crippen molar-refractivity contribution in [2.45, 2.75) is 24.8 Å². The number of fused-ring (bicyclic) bond motifs is 2. The quantitative estimate of drug-likeness (QED) is 0.352. The van der Waals surface area contributed by atoms with Crippen LogP contribution in [0.4, 0.5) is 21.8 Å². The first-order valence-corrected chi connectivity index (χ1v) is 12.4. The number of nitrogens with zero attached hydrogens (tertiary/aromatic N) is 3. The molecule has 3 N–H and O–H groups in total. The number of rotatable bonds is 5. The molecule has 5 aromatic rings. The van der Waals surface area contributed by atoms with Gasteiger partial charge in [0.2, 0.25) is 5.95 Å². The molecular formula is C24H22FN5O3S. The summed E-state index contributed by atoms with van der Waals surface area (Å²) in [6, 6.07) is 11.5. The standard InChI is InChI=1S/C24H22FN5O3S/c1-13(2)30-12-17(14-4-7-20-15(10-14)8-9-33-20)21-22(26)28-24(29-23(21)30)27-19-6-5-16(11-18(19)25)34(3,31)32/h4-13H,1-3H3,(H3,26,27,28,29). The molecule has 0 saturated heterocycles. The van der Waals surface area contributed by atoms with Crippen molar-refractivity contribution in [2.24, 2.45) is 0 Å². The van der Waals surface area contributed by atoms with Crippen molar-refractivity contribution >= 4 is 49.3 Å². The van der Waals surface area contributed by atoms with Gasteiger partial charge in [-0.2, -0.15) is 9.97 Å². The van der Waals surface area contributed by atoms with Gasteiger partial charge in [0.05, 0.1) is 22.2 Å². The van der Waals surface area contributed by atoms with E-state index in [9.17, 15) is 12.8 Å². The third kappa shape index (κ3) is 3.75. The predicted octanol–water partition coefficient (Wildman–Crippen LogP) is 5.29. The highest BCUT2D eigenvalue weighted by Gasteiger charge is 2.20. The largest absolute Gasteiger partial charge is 0.464 e. The van der Waals surface area contributed by atoms with E-state index in [1.54, 1.807) is 6.26 Å². The van der Waals surface area contributed by atoms with Gasteiger partial charge in [-0.1, -0.05) is 6.07 Å². The molecule has 174 valence electrons. The molecule has 2 aromatic carbocycles. The van der Waals surface area contributed by atoms with Crippen LogP contribution in [0.2, 0.25) is 0 Å². The van der Waals surface area contributed by atoms with E-state index >= 15 is 0 Å². The van der Waals surface area contributed by atoms with E-state index in [1.165, 1.54) is 12.1 Å². The van der Waals surface area contributed by atoms with E-state index in [1.807, 2.05) is 48.9 Å². The molecule has 0 radical (unpaired) electrons. The van der Waals surface area contributed by atoms with Gasteiger partial charge in [-0.15, -0.1) is 0 Å². The molecule has 0 bridgehead atoms. The minimum Gasteiger partial charge on any atom is -0.464 e. The number of sulfone groups is 1. The van der Waals surface area contributed by atoms with Crippen LogP contribution in [0.3, 0.4) is 0 Å². The van der Waals surface area contributed by atoms with E-state index in [0.29, 0.717) is 11.0 Å². The van der Waals surface area contributed by atoms with E-state index < -0.39 is 15.7 Å². The number of nitrogens with one attached hydrogen (secondary N) is 1. The first kappa shape index (κ1) is 21.9. The Morgan fingerprint density at radius 2 is 1.91 bits per heavy atom. The van der Waals surface area contributed by atoms with Gasteiger partial charge < -0.3 is 20.0 Å². The third-order valence-corrected chi connectivity index (χ3v) is 6.75. The summed E-state index contributed by atoms with van der Waals surface area (Å²) in [4.78, 5) is 8.87. The van der Waals surface area contributed by atoms with Crippen LogP contribution in [0.1, 0.15) is 19.9 Å². The van der Waals surface area contributed by atoms with Crippen molar-refractivity contribution < 1.29 is 17.2 Å². The number of halogens is 1. The second-order valence-electron chi connectivity index (χ2n) is 8.39. The summed E-state index contributed by atoms with van der Waals surface area (Å²) in [6.07, 6.45) is 4.64. The fraction of sp³-hybridized carbons (Fsp3) is 0.167. The molecule has 0 aliphatic heterocycles. The number of nitrogen functional groups attached to an aromatic ring is 1. The normalized spacial score (nSPS) is 12.1. The number of furan rings is 1. The van der Waals surface area contributed by atoms with Crippen molar-refractivity contribution in [1.82, 2.24) is 14.5 Å². The number of hydrogen-bond acceptors (Lipinski definition) is 7. The Bertz CT molecular complexity index is 1670. The highest BCUT2D eigenvalue weighted by atomic mass is 32.2. The second kappa shape index (κ2) is 7.84. The summed E-state index contributed by atoms with van der Waals surface area (Å²) < 4.78 is 45.4. The van der Waals surface area contributed by atoms with Crippen LogP contribution < -0.4 is 11.1 Å². The van der Waals surface area contributed by atoms with Crippen LogP contribution in [-0.4, -0.2) is 29.2 Å². The summed E-state index contributed by atoms with van der Waals surface area (Å²) in [6.45, 7) is 4.05. The first-order valence-electron chi connectivity index (χ1n) is 10.5. The number of aromatic nitrogens is 3. The lowest BCUT2D eigenvalue weighted by Gasteiger charge is -2.11. The maximum Gasteiger partial charge on any atom is 0.231 e. The van der Waals surface area contributed by atoms with Crippen molar-refractivity contribution in [1.29, 1.82) is 0 Å². The fourth-order valence-corrected chi connectivity index (χ4v) is 4.56. The molecule has 3 heterocycles. The highest BCUT2D eigenvalue weighted by molar-refractivity contribution is 7.90. The average Bonchev–Trinajstić information content (AvgIpc) is 3.38. The van der Waals surface area contributed by atoms with Gasteiger partial charge >= 0.3 is 0 Å². The van der Waals surface area contributed by atoms with E-state index in [4.69, 9.17) is 10.2 Å². The van der Waals surface area contributed by atoms with Gasteiger partial charge in [0.25, 0.3) is 0 Å². The molecule has 0 unspecified atom stereocenters. The van der Waals surface area contributed by atoms with Crippen LogP contribution >= 0.6 is 0 Å². The number of hydrogen-bond donors (Lipinski definition) is 2. The SMILES string of the molecule is CC(C)n1cc(-c2ccc3occc3c2)c2c(N)nc(Nc3ccc(S(C)(=O)=O)cc3F)nc21. The Morgan fingerprint density at radius 1 is 1.12 bits per heavy atom. The third-order valence-electron chi connectivity index (χ3n) is 5.63. The first-order chi connectivity index (χ1) is 16.1. The molecule has 0 amide bonds. The zero-order valence-corrected chi connectivity index (χ0v) is 19.5. The molecule has 0 fully saturated rings. The van der Waals surface area contributed by atoms with Crippen molar-refractivity contribution in [3.8, 4) is 11.1 Å². The second-order valence-corrected chi connectivity index (χ2v) is 10.4. The van der Waals surface area contributed by atoms with Crippen LogP contribution in [0.25, 0.3) is 33.1 Å². The molecule has 0 spiro atoms. The Balaban J connectivity index is 1.62. The van der Waals surface area contributed by atoms with Gasteiger partial charge in [-0.3, -0.25) is 0 Å². The molecule has 0 atom stereocenters. The zero-order valence-electron chi connectivity index (χ0n) is 18.7. The van der Waals surface area contributed by atoms with Crippen LogP contribution in [0, 0.1) is 5.82 Å². The fourth-order valence-electron chi connectivity index (χ4n) is 3.93. The summed E-state index contributed by atoms with van der Waals surface area (Å²) in [7, 11) is -3.53. The van der Waals surface area contributed by atoms with Gasteiger partial charge in [0.15, 0.2) is 9.84 Å². The van der Waals surface area contributed by atoms with Crippen LogP contribution in [0.5, 0.6) is 0 Å². The van der Waals surface area contributed by atoms with Gasteiger partial charge in [0.1, 0.15) is 22.9 Å². The van der Waals surface area contributed by atoms with Crippen molar-refractivity contribution in [2.75, 3.05) is 17.3 Å². The summed E-state index contributed by atoms with van der Waals surface area (Å²) in [5.41, 5.74) is 9.62. The Kier molecular flexibility index (Phi) is 5.05. The van der Waals surface area contributed by atoms with E-state index in [-0.39, 0.29) is 28.4 Å². The summed E-state index contributed by atoms with van der Waals surface area (Å²) in [5, 5.41) is 4.48. The van der Waals surface area contributed by atoms with E-state index in [0.717, 1.165) is 34.4 Å². The molecular weight excluding hydrogens is 457 g/mol. The van der Waals surface area contributed by atoms with Gasteiger partial charge in [-0.25, -0.2) is 12.8 Å². The summed E-state index contributed by atoms with van der Waals surface area (Å²) >= 11 is 0. The minimum absolute atomic E-state index is 0.0411. The summed E-state index contributed by atoms with van der Waals surface area (Å²) in [5.74, 6) is -0.395. The molecule has 0 aliphatic rings. The minimum atomic E-state index is -3.53. The molecule has 8 nitrogen and oxygen atoms in total. The predicted molar refractivity (Wildman–Crippen MR) is 130 cm³/mol. The molecule has 3 aromatic heterocycles. The topological polar surface area (TPSA) is 116 Å². The molecule has 5 rings (SSSR count). The monoisotopic (exact) mass is 479 g/mol. The Labute approximate surface area is 195 Å². The Hall–Kier alpha value is -3.92. The number of anilines is 3. The molecule has 34 heavy (non-hydrogen) atoms. The average molecular weight is 480 g/mol. The van der Waals surface area contributed by atoms with Crippen molar-refractivity contribution in [3.05, 3.63) is 60.7 Å². The van der Waals surface area contributed by atoms with Crippen molar-refractivity contribution in [3.63, 3.8) is 0 Å². The smallest absolute Gasteiger partial charge is 0.231 e. The molecule has 0 saturated carbocycles. The lowest BCUT2D eigenvalue weighted by molar-refractivity contribution is 0.596. The molecule has 0 aliphatic carbocycles. The zero-order chi connectivity index (χ0) is 24.2. The molecule has 10 heteroatoms. The number of nitrogens with two attached hydrogens (primary N) is 1. The van der Waals surface area contributed by atoms with E-state index in [2.05, 4.69) is 15.3 Å². The lowest BCUT2D eigenvalue weighted by atomic mass is 10.0. The maximum atomic E-state index is 14.6. The van der Waals surface area contributed by atoms with Gasteiger partial charge in [-0.05, 0) is 55.8 Å². The van der Waals surface area contributed by atoms with Gasteiger partial charge in [0, 0.05) is 29.4 Å². The lowest BCUT2D eigenvalue weighted by Crippen LogP contribution is -2.06. The number of benzene rings is 2. The Morgan fingerprint density at radius 3 is 2.62 bits per heavy atom. The highest BCUT2D eigenvalue weighted by Crippen LogP contribution is 2.37.